The molecule has 0 saturated carbocycles. The number of nitrogens with zero attached hydrogens (tertiary/aromatic N) is 1. The Labute approximate surface area is 219 Å². The average molecular weight is 504 g/mol. The number of anilines is 2. The highest BCUT2D eigenvalue weighted by molar-refractivity contribution is 5.90. The van der Waals surface area contributed by atoms with E-state index in [9.17, 15) is 9.59 Å². The van der Waals surface area contributed by atoms with E-state index < -0.39 is 17.7 Å². The molecule has 1 aliphatic rings. The number of ether oxygens (including phenoxy) is 1. The van der Waals surface area contributed by atoms with Gasteiger partial charge >= 0.3 is 12.1 Å². The number of piperidine rings is 1. The summed E-state index contributed by atoms with van der Waals surface area (Å²) in [5, 5.41) is 11.6. The summed E-state index contributed by atoms with van der Waals surface area (Å²) in [5.74, 6) is -0.772. The van der Waals surface area contributed by atoms with Crippen molar-refractivity contribution in [3.8, 4) is 11.1 Å². The quantitative estimate of drug-likeness (QED) is 0.355. The van der Waals surface area contributed by atoms with Crippen LogP contribution in [0.5, 0.6) is 0 Å². The molecule has 7 nitrogen and oxygen atoms in total. The van der Waals surface area contributed by atoms with Gasteiger partial charge in [0.2, 0.25) is 0 Å². The lowest BCUT2D eigenvalue weighted by molar-refractivity contribution is -0.143. The standard InChI is InChI=1S/C17H20N2O2.C13H17NO2/c1-17(2,3)21-16(20)19-15-10-9-13(11-14(15)18)12-7-5-4-6-8-12;15-13(16)12-6-8-14(9-7-12)10-11-4-2-1-3-5-11/h4-11H,18H2,1-3H3,(H,19,20);1-5,12H,6-10H2,(H,15,16). The van der Waals surface area contributed by atoms with Gasteiger partial charge in [0.25, 0.3) is 0 Å². The molecule has 37 heavy (non-hydrogen) atoms. The Morgan fingerprint density at radius 3 is 2.08 bits per heavy atom. The second-order valence-corrected chi connectivity index (χ2v) is 10.2. The molecule has 0 bridgehead atoms. The van der Waals surface area contributed by atoms with E-state index in [2.05, 4.69) is 22.3 Å². The van der Waals surface area contributed by atoms with Crippen LogP contribution in [-0.4, -0.2) is 40.8 Å². The van der Waals surface area contributed by atoms with Crippen LogP contribution in [0, 0.1) is 5.92 Å². The van der Waals surface area contributed by atoms with Gasteiger partial charge in [0, 0.05) is 6.54 Å². The third-order valence-corrected chi connectivity index (χ3v) is 5.98. The first-order valence-electron chi connectivity index (χ1n) is 12.5. The van der Waals surface area contributed by atoms with Crippen molar-refractivity contribution >= 4 is 23.4 Å². The predicted octanol–water partition coefficient (Wildman–Crippen LogP) is 6.27. The summed E-state index contributed by atoms with van der Waals surface area (Å²) >= 11 is 0. The number of nitrogen functional groups attached to an aromatic ring is 1. The molecule has 7 heteroatoms. The Morgan fingerprint density at radius 2 is 1.54 bits per heavy atom. The van der Waals surface area contributed by atoms with Crippen LogP contribution in [0.2, 0.25) is 0 Å². The van der Waals surface area contributed by atoms with Gasteiger partial charge in [0.1, 0.15) is 5.60 Å². The summed E-state index contributed by atoms with van der Waals surface area (Å²) in [6.07, 6.45) is 1.05. The van der Waals surface area contributed by atoms with Gasteiger partial charge in [0.15, 0.2) is 0 Å². The van der Waals surface area contributed by atoms with Gasteiger partial charge in [0.05, 0.1) is 17.3 Å². The van der Waals surface area contributed by atoms with Crippen LogP contribution in [0.1, 0.15) is 39.2 Å². The monoisotopic (exact) mass is 503 g/mol. The minimum Gasteiger partial charge on any atom is -0.481 e. The topological polar surface area (TPSA) is 105 Å². The van der Waals surface area contributed by atoms with E-state index in [0.29, 0.717) is 11.4 Å². The Morgan fingerprint density at radius 1 is 0.946 bits per heavy atom. The number of benzene rings is 3. The summed E-state index contributed by atoms with van der Waals surface area (Å²) < 4.78 is 5.21. The third kappa shape index (κ3) is 9.28. The van der Waals surface area contributed by atoms with E-state index in [4.69, 9.17) is 15.6 Å². The van der Waals surface area contributed by atoms with Crippen LogP contribution >= 0.6 is 0 Å². The molecule has 0 atom stereocenters. The van der Waals surface area contributed by atoms with Gasteiger partial charge in [-0.15, -0.1) is 0 Å². The molecule has 3 aromatic rings. The van der Waals surface area contributed by atoms with Gasteiger partial charge < -0.3 is 15.6 Å². The Bertz CT molecular complexity index is 1150. The van der Waals surface area contributed by atoms with Crippen molar-refractivity contribution < 1.29 is 19.4 Å². The van der Waals surface area contributed by atoms with Gasteiger partial charge in [-0.05, 0) is 75.5 Å². The van der Waals surface area contributed by atoms with Crippen molar-refractivity contribution in [1.29, 1.82) is 0 Å². The van der Waals surface area contributed by atoms with Crippen LogP contribution < -0.4 is 11.1 Å². The summed E-state index contributed by atoms with van der Waals surface area (Å²) in [6.45, 7) is 8.17. The summed E-state index contributed by atoms with van der Waals surface area (Å²) in [6, 6.07) is 25.8. The fourth-order valence-corrected chi connectivity index (χ4v) is 4.08. The van der Waals surface area contributed by atoms with Gasteiger partial charge in [-0.2, -0.15) is 0 Å². The first kappa shape index (κ1) is 27.7. The Hall–Kier alpha value is -3.84. The number of carboxylic acid groups (broad SMARTS) is 1. The average Bonchev–Trinajstić information content (AvgIpc) is 2.86. The number of hydrogen-bond acceptors (Lipinski definition) is 5. The lowest BCUT2D eigenvalue weighted by Gasteiger charge is -2.29. The fraction of sp³-hybridized carbons (Fsp3) is 0.333. The molecule has 1 heterocycles. The van der Waals surface area contributed by atoms with E-state index in [0.717, 1.165) is 43.6 Å². The highest BCUT2D eigenvalue weighted by Gasteiger charge is 2.24. The minimum atomic E-state index is -0.639. The number of nitrogens with two attached hydrogens (primary N) is 1. The molecule has 0 unspecified atom stereocenters. The molecule has 196 valence electrons. The fourth-order valence-electron chi connectivity index (χ4n) is 4.08. The highest BCUT2D eigenvalue weighted by atomic mass is 16.6. The zero-order valence-corrected chi connectivity index (χ0v) is 21.8. The number of likely N-dealkylation sites (tertiary alicyclic amines) is 1. The molecule has 1 aliphatic heterocycles. The van der Waals surface area contributed by atoms with Crippen molar-refractivity contribution in [3.05, 3.63) is 84.4 Å². The summed E-state index contributed by atoms with van der Waals surface area (Å²) in [4.78, 5) is 24.9. The lowest BCUT2D eigenvalue weighted by atomic mass is 9.97. The number of carboxylic acids is 1. The maximum absolute atomic E-state index is 11.7. The van der Waals surface area contributed by atoms with Crippen molar-refractivity contribution in [2.45, 2.75) is 45.8 Å². The Balaban J connectivity index is 0.000000213. The predicted molar refractivity (Wildman–Crippen MR) is 148 cm³/mol. The second kappa shape index (κ2) is 12.9. The molecule has 1 fully saturated rings. The third-order valence-electron chi connectivity index (χ3n) is 5.98. The lowest BCUT2D eigenvalue weighted by Crippen LogP contribution is -2.35. The van der Waals surface area contributed by atoms with E-state index in [-0.39, 0.29) is 5.92 Å². The molecule has 0 aliphatic carbocycles. The molecular weight excluding hydrogens is 466 g/mol. The summed E-state index contributed by atoms with van der Waals surface area (Å²) in [5.41, 5.74) is 9.89. The maximum atomic E-state index is 11.7. The summed E-state index contributed by atoms with van der Waals surface area (Å²) in [7, 11) is 0. The van der Waals surface area contributed by atoms with E-state index in [1.165, 1.54) is 5.56 Å². The zero-order chi connectivity index (χ0) is 26.8. The molecule has 0 spiro atoms. The number of carbonyl (C=O) groups is 2. The minimum absolute atomic E-state index is 0.132. The molecule has 1 saturated heterocycles. The van der Waals surface area contributed by atoms with Crippen molar-refractivity contribution in [3.63, 3.8) is 0 Å². The molecule has 4 N–H and O–H groups in total. The molecule has 1 amide bonds. The smallest absolute Gasteiger partial charge is 0.412 e. The number of aliphatic carboxylic acids is 1. The molecule has 0 aromatic heterocycles. The van der Waals surface area contributed by atoms with E-state index in [1.807, 2.05) is 81.4 Å². The molecule has 0 radical (unpaired) electrons. The van der Waals surface area contributed by atoms with Gasteiger partial charge in [-0.25, -0.2) is 4.79 Å². The number of amides is 1. The Kier molecular flexibility index (Phi) is 9.69. The number of carbonyl (C=O) groups excluding carboxylic acids is 1. The van der Waals surface area contributed by atoms with E-state index >= 15 is 0 Å². The van der Waals surface area contributed by atoms with Crippen LogP contribution in [0.25, 0.3) is 11.1 Å². The number of hydrogen-bond donors (Lipinski definition) is 3. The zero-order valence-electron chi connectivity index (χ0n) is 21.8. The van der Waals surface area contributed by atoms with E-state index in [1.54, 1.807) is 6.07 Å². The highest BCUT2D eigenvalue weighted by Crippen LogP contribution is 2.27. The normalized spacial score (nSPS) is 14.2. The van der Waals surface area contributed by atoms with Crippen molar-refractivity contribution in [2.24, 2.45) is 5.92 Å². The van der Waals surface area contributed by atoms with Crippen LogP contribution in [-0.2, 0) is 16.1 Å². The maximum Gasteiger partial charge on any atom is 0.412 e. The molecule has 4 rings (SSSR count). The number of rotatable bonds is 5. The van der Waals surface area contributed by atoms with Crippen molar-refractivity contribution in [2.75, 3.05) is 24.1 Å². The first-order chi connectivity index (χ1) is 17.6. The van der Waals surface area contributed by atoms with Crippen LogP contribution in [0.4, 0.5) is 16.2 Å². The van der Waals surface area contributed by atoms with Gasteiger partial charge in [-0.1, -0.05) is 66.7 Å². The van der Waals surface area contributed by atoms with Gasteiger partial charge in [-0.3, -0.25) is 15.0 Å². The molecule has 3 aromatic carbocycles. The largest absolute Gasteiger partial charge is 0.481 e. The SMILES string of the molecule is CC(C)(C)OC(=O)Nc1ccc(-c2ccccc2)cc1N.O=C(O)C1CCN(Cc2ccccc2)CC1. The van der Waals surface area contributed by atoms with Crippen molar-refractivity contribution in [1.82, 2.24) is 4.90 Å². The number of nitrogens with one attached hydrogen (secondary N) is 1. The first-order valence-corrected chi connectivity index (χ1v) is 12.5. The molecular formula is C30H37N3O4. The van der Waals surface area contributed by atoms with Crippen LogP contribution in [0.3, 0.4) is 0 Å². The second-order valence-electron chi connectivity index (χ2n) is 10.2. The van der Waals surface area contributed by atoms with Crippen LogP contribution in [0.15, 0.2) is 78.9 Å².